The molecule has 0 aliphatic carbocycles. The summed E-state index contributed by atoms with van der Waals surface area (Å²) in [5.41, 5.74) is 1.80. The molecule has 4 rings (SSSR count). The van der Waals surface area contributed by atoms with Gasteiger partial charge in [-0.1, -0.05) is 19.1 Å². The Hall–Kier alpha value is -2.81. The van der Waals surface area contributed by atoms with Crippen molar-refractivity contribution in [2.45, 2.75) is 19.8 Å². The number of pyridine rings is 1. The van der Waals surface area contributed by atoms with Crippen LogP contribution >= 0.6 is 37.2 Å². The molecule has 190 valence electrons. The minimum atomic E-state index is -1.05. The van der Waals surface area contributed by atoms with Crippen LogP contribution in [0.4, 0.5) is 21.6 Å². The maximum atomic E-state index is 14.1. The second-order valence-electron chi connectivity index (χ2n) is 7.79. The third-order valence-electron chi connectivity index (χ3n) is 5.58. The fraction of sp³-hybridized carbons (Fsp3) is 0.292. The van der Waals surface area contributed by atoms with Gasteiger partial charge in [-0.3, -0.25) is 4.79 Å². The zero-order valence-corrected chi connectivity index (χ0v) is 21.5. The predicted octanol–water partition coefficient (Wildman–Crippen LogP) is 5.40. The first-order valence-corrected chi connectivity index (χ1v) is 10.7. The van der Waals surface area contributed by atoms with Crippen LogP contribution in [0.5, 0.6) is 0 Å². The van der Waals surface area contributed by atoms with E-state index in [2.05, 4.69) is 10.3 Å². The second-order valence-corrected chi connectivity index (χ2v) is 7.79. The van der Waals surface area contributed by atoms with E-state index in [9.17, 15) is 19.1 Å². The molecule has 0 spiro atoms. The Kier molecular flexibility index (Phi) is 11.5. The second kappa shape index (κ2) is 13.3. The Labute approximate surface area is 221 Å². The molecular formula is C24H28Cl3FN4O3. The lowest BCUT2D eigenvalue weighted by atomic mass is 10.1. The monoisotopic (exact) mass is 544 g/mol. The number of carbonyl (C=O) groups is 2. The largest absolute Gasteiger partial charge is 0.478 e. The van der Waals surface area contributed by atoms with Crippen molar-refractivity contribution in [3.05, 3.63) is 59.9 Å². The number of carboxylic acids is 1. The summed E-state index contributed by atoms with van der Waals surface area (Å²) in [6.07, 6.45) is 1.13. The molecule has 0 bridgehead atoms. The highest BCUT2D eigenvalue weighted by atomic mass is 35.5. The highest BCUT2D eigenvalue weighted by Crippen LogP contribution is 2.28. The maximum Gasteiger partial charge on any atom is 0.336 e. The van der Waals surface area contributed by atoms with Gasteiger partial charge in [0, 0.05) is 43.7 Å². The average molecular weight is 546 g/mol. The molecule has 2 aromatic carbocycles. The van der Waals surface area contributed by atoms with E-state index in [1.807, 2.05) is 22.8 Å². The van der Waals surface area contributed by atoms with Crippen molar-refractivity contribution >= 4 is 77.2 Å². The van der Waals surface area contributed by atoms with Crippen molar-refractivity contribution in [2.24, 2.45) is 0 Å². The molecule has 2 heterocycles. The van der Waals surface area contributed by atoms with Crippen molar-refractivity contribution in [3.63, 3.8) is 0 Å². The number of carbonyl (C=O) groups excluding carboxylic acids is 1. The number of amides is 1. The molecule has 0 saturated carbocycles. The number of anilines is 3. The first-order chi connectivity index (χ1) is 15.5. The van der Waals surface area contributed by atoms with Crippen molar-refractivity contribution in [1.82, 2.24) is 4.98 Å². The van der Waals surface area contributed by atoms with Gasteiger partial charge in [0.1, 0.15) is 11.6 Å². The first-order valence-electron chi connectivity index (χ1n) is 10.7. The van der Waals surface area contributed by atoms with Gasteiger partial charge in [-0.05, 0) is 42.8 Å². The Bertz CT molecular complexity index is 1170. The van der Waals surface area contributed by atoms with Gasteiger partial charge in [0.05, 0.1) is 16.8 Å². The van der Waals surface area contributed by atoms with Gasteiger partial charge in [-0.25, -0.2) is 14.2 Å². The number of benzene rings is 2. The van der Waals surface area contributed by atoms with Gasteiger partial charge in [0.15, 0.2) is 0 Å². The van der Waals surface area contributed by atoms with E-state index in [1.54, 1.807) is 36.4 Å². The molecule has 1 aliphatic rings. The van der Waals surface area contributed by atoms with Crippen LogP contribution in [0, 0.1) is 5.82 Å². The van der Waals surface area contributed by atoms with Crippen LogP contribution in [0.1, 0.15) is 30.1 Å². The van der Waals surface area contributed by atoms with Crippen LogP contribution in [0.2, 0.25) is 0 Å². The summed E-state index contributed by atoms with van der Waals surface area (Å²) in [4.78, 5) is 32.5. The van der Waals surface area contributed by atoms with Gasteiger partial charge in [-0.2, -0.15) is 0 Å². The summed E-state index contributed by atoms with van der Waals surface area (Å²) in [6.45, 7) is 4.31. The zero-order valence-electron chi connectivity index (χ0n) is 19.1. The molecule has 3 aromatic rings. The molecule has 2 N–H and O–H groups in total. The number of rotatable bonds is 6. The number of para-hydroxylation sites is 1. The smallest absolute Gasteiger partial charge is 0.336 e. The van der Waals surface area contributed by atoms with E-state index in [1.165, 1.54) is 6.07 Å². The van der Waals surface area contributed by atoms with Crippen molar-refractivity contribution in [2.75, 3.05) is 41.3 Å². The third kappa shape index (κ3) is 6.87. The molecule has 1 saturated heterocycles. The molecule has 0 unspecified atom stereocenters. The van der Waals surface area contributed by atoms with Crippen LogP contribution in [0.15, 0.2) is 48.5 Å². The van der Waals surface area contributed by atoms with Crippen LogP contribution in [-0.2, 0) is 4.79 Å². The number of hydrogen-bond donors (Lipinski definition) is 2. The van der Waals surface area contributed by atoms with Crippen molar-refractivity contribution < 1.29 is 19.1 Å². The summed E-state index contributed by atoms with van der Waals surface area (Å²) < 4.78 is 14.1. The lowest BCUT2D eigenvalue weighted by Gasteiger charge is -2.37. The molecule has 0 atom stereocenters. The number of fused-ring (bicyclic) bond motifs is 1. The number of aromatic carboxylic acids is 1. The Morgan fingerprint density at radius 1 is 1.00 bits per heavy atom. The highest BCUT2D eigenvalue weighted by molar-refractivity contribution is 6.05. The summed E-state index contributed by atoms with van der Waals surface area (Å²) in [7, 11) is 0. The van der Waals surface area contributed by atoms with Gasteiger partial charge in [-0.15, -0.1) is 37.2 Å². The standard InChI is InChI=1S/C24H25FN4O3.3ClH/c1-2-5-23(30)26-16-8-9-20-17(14-16)18(24(31)32)15-22(27-20)29-12-10-28(11-13-29)21-7-4-3-6-19(21)25;;;/h3-4,6-9,14-15H,2,5,10-13H2,1H3,(H,26,30)(H,31,32);3*1H. The van der Waals surface area contributed by atoms with Gasteiger partial charge in [0.2, 0.25) is 5.91 Å². The van der Waals surface area contributed by atoms with Crippen LogP contribution in [-0.4, -0.2) is 48.1 Å². The molecule has 1 fully saturated rings. The van der Waals surface area contributed by atoms with E-state index in [4.69, 9.17) is 0 Å². The van der Waals surface area contributed by atoms with Crippen molar-refractivity contribution in [1.29, 1.82) is 0 Å². The molecule has 35 heavy (non-hydrogen) atoms. The maximum absolute atomic E-state index is 14.1. The highest BCUT2D eigenvalue weighted by Gasteiger charge is 2.22. The molecule has 11 heteroatoms. The van der Waals surface area contributed by atoms with Crippen LogP contribution < -0.4 is 15.1 Å². The lowest BCUT2D eigenvalue weighted by molar-refractivity contribution is -0.116. The first kappa shape index (κ1) is 30.2. The minimum absolute atomic E-state index is 0. The molecule has 7 nitrogen and oxygen atoms in total. The summed E-state index contributed by atoms with van der Waals surface area (Å²) in [6, 6.07) is 13.4. The van der Waals surface area contributed by atoms with E-state index in [0.29, 0.717) is 60.7 Å². The quantitative estimate of drug-likeness (QED) is 0.431. The van der Waals surface area contributed by atoms with Gasteiger partial charge >= 0.3 is 5.97 Å². The molecule has 1 aliphatic heterocycles. The molecule has 1 aromatic heterocycles. The van der Waals surface area contributed by atoms with Crippen molar-refractivity contribution in [3.8, 4) is 0 Å². The Balaban J connectivity index is 0.00000204. The van der Waals surface area contributed by atoms with Crippen LogP contribution in [0.3, 0.4) is 0 Å². The number of nitrogens with zero attached hydrogens (tertiary/aromatic N) is 3. The fourth-order valence-corrected chi connectivity index (χ4v) is 3.96. The van der Waals surface area contributed by atoms with E-state index in [0.717, 1.165) is 6.42 Å². The van der Waals surface area contributed by atoms with Gasteiger partial charge < -0.3 is 20.2 Å². The van der Waals surface area contributed by atoms with E-state index < -0.39 is 5.97 Å². The summed E-state index contributed by atoms with van der Waals surface area (Å²) in [5, 5.41) is 13.1. The average Bonchev–Trinajstić information content (AvgIpc) is 2.79. The molecular weight excluding hydrogens is 518 g/mol. The number of hydrogen-bond acceptors (Lipinski definition) is 5. The minimum Gasteiger partial charge on any atom is -0.478 e. The zero-order chi connectivity index (χ0) is 22.7. The number of piperazine rings is 1. The summed E-state index contributed by atoms with van der Waals surface area (Å²) >= 11 is 0. The predicted molar refractivity (Wildman–Crippen MR) is 145 cm³/mol. The lowest BCUT2D eigenvalue weighted by Crippen LogP contribution is -2.47. The molecule has 0 radical (unpaired) electrons. The number of aromatic nitrogens is 1. The normalized spacial score (nSPS) is 12.7. The summed E-state index contributed by atoms with van der Waals surface area (Å²) in [5.74, 6) is -0.840. The topological polar surface area (TPSA) is 85.8 Å². The van der Waals surface area contributed by atoms with Crippen LogP contribution in [0.25, 0.3) is 10.9 Å². The number of nitrogens with one attached hydrogen (secondary N) is 1. The van der Waals surface area contributed by atoms with E-state index >= 15 is 0 Å². The number of carboxylic acid groups (broad SMARTS) is 1. The third-order valence-corrected chi connectivity index (χ3v) is 5.58. The molecule has 1 amide bonds. The fourth-order valence-electron chi connectivity index (χ4n) is 3.96. The Morgan fingerprint density at radius 2 is 1.66 bits per heavy atom. The van der Waals surface area contributed by atoms with Gasteiger partial charge in [0.25, 0.3) is 0 Å². The number of halogens is 4. The van der Waals surface area contributed by atoms with E-state index in [-0.39, 0.29) is 54.5 Å². The Morgan fingerprint density at radius 3 is 2.29 bits per heavy atom. The SMILES string of the molecule is CCCC(=O)Nc1ccc2nc(N3CCN(c4ccccc4F)CC3)cc(C(=O)O)c2c1.Cl.Cl.Cl.